The maximum atomic E-state index is 12.4. The number of rotatable bonds is 20. The highest BCUT2D eigenvalue weighted by Crippen LogP contribution is 2.16. The number of hydrogen-bond donors (Lipinski definition) is 3. The van der Waals surface area contributed by atoms with E-state index in [2.05, 4.69) is 27.9 Å². The molecule has 0 fully saturated rings. The molecule has 0 aromatic carbocycles. The van der Waals surface area contributed by atoms with E-state index in [1.165, 1.54) is 49.0 Å². The summed E-state index contributed by atoms with van der Waals surface area (Å²) in [4.78, 5) is 51.7. The predicted molar refractivity (Wildman–Crippen MR) is 158 cm³/mol. The molecule has 3 unspecified atom stereocenters. The highest BCUT2D eigenvalue weighted by atomic mass is 32.2. The van der Waals surface area contributed by atoms with Gasteiger partial charge in [0.15, 0.2) is 11.3 Å². The van der Waals surface area contributed by atoms with Gasteiger partial charge in [0.05, 0.1) is 13.0 Å². The number of ether oxygens (including phenoxy) is 2. The minimum absolute atomic E-state index is 0.0341. The molecule has 12 heteroatoms. The van der Waals surface area contributed by atoms with E-state index in [9.17, 15) is 19.2 Å². The number of unbranched alkanes of at least 4 members (excludes halogenated alkanes) is 4. The maximum Gasteiger partial charge on any atom is 0.293 e. The zero-order chi connectivity index (χ0) is 28.9. The fraction of sp³-hybridized carbons (Fsp3) is 0.667. The number of carbonyl (C=O) groups excluding carboxylic acids is 4. The quantitative estimate of drug-likeness (QED) is 0.0644. The number of allylic oxidation sites excluding steroid dienone is 1. The molecule has 39 heavy (non-hydrogen) atoms. The molecule has 0 saturated heterocycles. The van der Waals surface area contributed by atoms with Gasteiger partial charge in [0.2, 0.25) is 11.8 Å². The maximum absolute atomic E-state index is 12.4. The summed E-state index contributed by atoms with van der Waals surface area (Å²) in [5, 5.41) is 9.47. The minimum Gasteiger partial charge on any atom is -0.474 e. The molecular formula is C27H44N4O6S2. The van der Waals surface area contributed by atoms with Crippen molar-refractivity contribution in [3.05, 3.63) is 24.1 Å². The lowest BCUT2D eigenvalue weighted by Gasteiger charge is -2.16. The Kier molecular flexibility index (Phi) is 18.9. The highest BCUT2D eigenvalue weighted by Gasteiger charge is 2.23. The van der Waals surface area contributed by atoms with Gasteiger partial charge < -0.3 is 25.4 Å². The summed E-state index contributed by atoms with van der Waals surface area (Å²) in [6, 6.07) is -0.545. The summed E-state index contributed by atoms with van der Waals surface area (Å²) >= 11 is 2.70. The van der Waals surface area contributed by atoms with E-state index in [-0.39, 0.29) is 29.9 Å². The molecule has 0 aromatic rings. The number of amides is 2. The molecule has 10 nitrogen and oxygen atoms in total. The van der Waals surface area contributed by atoms with Crippen LogP contribution in [0.1, 0.15) is 72.1 Å². The Balaban J connectivity index is 2.37. The van der Waals surface area contributed by atoms with Crippen molar-refractivity contribution < 1.29 is 28.7 Å². The number of carbonyl (C=O) groups is 4. The van der Waals surface area contributed by atoms with Gasteiger partial charge in [-0.05, 0) is 39.0 Å². The predicted octanol–water partition coefficient (Wildman–Crippen LogP) is 3.67. The topological polar surface area (TPSA) is 135 Å². The van der Waals surface area contributed by atoms with Crippen LogP contribution in [0.5, 0.6) is 0 Å². The van der Waals surface area contributed by atoms with Crippen LogP contribution in [0.3, 0.4) is 0 Å². The van der Waals surface area contributed by atoms with E-state index in [4.69, 9.17) is 9.47 Å². The van der Waals surface area contributed by atoms with Crippen LogP contribution in [0.15, 0.2) is 29.1 Å². The van der Waals surface area contributed by atoms with Crippen molar-refractivity contribution in [1.29, 1.82) is 0 Å². The molecule has 3 atom stereocenters. The van der Waals surface area contributed by atoms with E-state index >= 15 is 0 Å². The average molecular weight is 585 g/mol. The van der Waals surface area contributed by atoms with Crippen LogP contribution in [-0.4, -0.2) is 71.9 Å². The van der Waals surface area contributed by atoms with Crippen molar-refractivity contribution in [2.75, 3.05) is 25.1 Å². The normalized spacial score (nSPS) is 16.6. The molecular weight excluding hydrogens is 540 g/mol. The zero-order valence-electron chi connectivity index (χ0n) is 23.5. The van der Waals surface area contributed by atoms with E-state index in [0.717, 1.165) is 12.8 Å². The van der Waals surface area contributed by atoms with Crippen LogP contribution in [0.25, 0.3) is 0 Å². The first-order valence-electron chi connectivity index (χ1n) is 13.5. The van der Waals surface area contributed by atoms with E-state index in [0.29, 0.717) is 42.4 Å². The summed E-state index contributed by atoms with van der Waals surface area (Å²) in [7, 11) is 0. The van der Waals surface area contributed by atoms with Crippen LogP contribution in [0.2, 0.25) is 0 Å². The second-order valence-electron chi connectivity index (χ2n) is 8.89. The van der Waals surface area contributed by atoms with Gasteiger partial charge in [-0.15, -0.1) is 11.8 Å². The molecule has 0 aliphatic carbocycles. The van der Waals surface area contributed by atoms with Gasteiger partial charge in [-0.25, -0.2) is 0 Å². The second kappa shape index (κ2) is 21.4. The molecule has 220 valence electrons. The van der Waals surface area contributed by atoms with Crippen LogP contribution in [0.4, 0.5) is 0 Å². The fourth-order valence-electron chi connectivity index (χ4n) is 3.52. The molecule has 0 spiro atoms. The summed E-state index contributed by atoms with van der Waals surface area (Å²) in [5.41, 5.74) is 0.635. The largest absolute Gasteiger partial charge is 0.474 e. The van der Waals surface area contributed by atoms with Gasteiger partial charge >= 0.3 is 0 Å². The third-order valence-electron chi connectivity index (χ3n) is 5.62. The first-order valence-corrected chi connectivity index (χ1v) is 15.8. The average Bonchev–Trinajstić information content (AvgIpc) is 3.39. The Morgan fingerprint density at radius 1 is 1.21 bits per heavy atom. The zero-order valence-corrected chi connectivity index (χ0v) is 25.2. The van der Waals surface area contributed by atoms with Crippen molar-refractivity contribution >= 4 is 52.0 Å². The third kappa shape index (κ3) is 15.6. The Labute approximate surface area is 241 Å². The lowest BCUT2D eigenvalue weighted by molar-refractivity contribution is -0.134. The van der Waals surface area contributed by atoms with Crippen molar-refractivity contribution in [1.82, 2.24) is 16.0 Å². The lowest BCUT2D eigenvalue weighted by Crippen LogP contribution is -2.40. The summed E-state index contributed by atoms with van der Waals surface area (Å²) in [6.07, 6.45) is 12.5. The second-order valence-corrected chi connectivity index (χ2v) is 10.8. The molecule has 0 saturated carbocycles. The molecule has 1 heterocycles. The van der Waals surface area contributed by atoms with Gasteiger partial charge in [0.25, 0.3) is 6.47 Å². The standard InChI is InChI=1S/C27H44N4O6S2/c1-5-7-8-9-10-14-25(34)39-15-12-11-13-21(37-19-32)16-23(33)29-17-24-31-22(18-36-24)27(38-4)30-20(3)26(35)28-6-2/h11,13,18-21,24,31H,5-10,12,14-17H2,1-4H3,(H,28,35)(H,29,33)/b13-11+,30-27?. The number of thioether (sulfide) groups is 2. The highest BCUT2D eigenvalue weighted by molar-refractivity contribution is 8.14. The Morgan fingerprint density at radius 2 is 1.97 bits per heavy atom. The number of aliphatic imine (C=N–C) groups is 1. The number of likely N-dealkylation sites (N-methyl/N-ethyl adjacent to an activating group) is 1. The Morgan fingerprint density at radius 3 is 2.67 bits per heavy atom. The molecule has 0 radical (unpaired) electrons. The SMILES string of the molecule is CCCCCCCC(=O)SCC/C=C/C(CC(=O)NCC1NC(C(=NC(C)C(=O)NCC)SC)=CO1)OC=O. The van der Waals surface area contributed by atoms with Crippen LogP contribution in [0, 0.1) is 0 Å². The molecule has 2 amide bonds. The van der Waals surface area contributed by atoms with Crippen molar-refractivity contribution in [2.45, 2.75) is 90.5 Å². The van der Waals surface area contributed by atoms with Crippen LogP contribution in [-0.2, 0) is 28.7 Å². The van der Waals surface area contributed by atoms with E-state index in [1.54, 1.807) is 13.0 Å². The number of hydrogen-bond acceptors (Lipinski definition) is 10. The first-order chi connectivity index (χ1) is 18.8. The minimum atomic E-state index is -0.695. The number of nitrogens with zero attached hydrogens (tertiary/aromatic N) is 1. The molecule has 1 aliphatic rings. The Hall–Kier alpha value is -2.47. The Bertz CT molecular complexity index is 865. The fourth-order valence-corrected chi connectivity index (χ4v) is 4.88. The smallest absolute Gasteiger partial charge is 0.293 e. The summed E-state index contributed by atoms with van der Waals surface area (Å²) in [6.45, 7) is 6.77. The monoisotopic (exact) mass is 584 g/mol. The van der Waals surface area contributed by atoms with Gasteiger partial charge in [0.1, 0.15) is 29.1 Å². The molecule has 0 bridgehead atoms. The van der Waals surface area contributed by atoms with Gasteiger partial charge in [-0.3, -0.25) is 24.2 Å². The lowest BCUT2D eigenvalue weighted by atomic mass is 10.1. The molecule has 0 aromatic heterocycles. The van der Waals surface area contributed by atoms with Gasteiger partial charge in [0, 0.05) is 18.7 Å². The first kappa shape index (κ1) is 34.6. The molecule has 1 rings (SSSR count). The summed E-state index contributed by atoms with van der Waals surface area (Å²) in [5.74, 6) is 0.184. The van der Waals surface area contributed by atoms with Gasteiger partial charge in [-0.1, -0.05) is 50.4 Å². The number of nitrogens with one attached hydrogen (secondary N) is 3. The van der Waals surface area contributed by atoms with Crippen molar-refractivity contribution in [3.8, 4) is 0 Å². The summed E-state index contributed by atoms with van der Waals surface area (Å²) < 4.78 is 10.6. The molecule has 3 N–H and O–H groups in total. The van der Waals surface area contributed by atoms with E-state index < -0.39 is 18.4 Å². The van der Waals surface area contributed by atoms with E-state index in [1.807, 2.05) is 19.3 Å². The van der Waals surface area contributed by atoms with Crippen molar-refractivity contribution in [3.63, 3.8) is 0 Å². The van der Waals surface area contributed by atoms with Crippen molar-refractivity contribution in [2.24, 2.45) is 4.99 Å². The van der Waals surface area contributed by atoms with Crippen LogP contribution < -0.4 is 16.0 Å². The molecule has 1 aliphatic heterocycles. The third-order valence-corrected chi connectivity index (χ3v) is 7.29. The van der Waals surface area contributed by atoms with Crippen LogP contribution >= 0.6 is 23.5 Å². The van der Waals surface area contributed by atoms with Gasteiger partial charge in [-0.2, -0.15) is 0 Å².